The van der Waals surface area contributed by atoms with Crippen LogP contribution in [0.2, 0.25) is 0 Å². The number of aromatic nitrogens is 1. The lowest BCUT2D eigenvalue weighted by molar-refractivity contribution is -0.152. The van der Waals surface area contributed by atoms with E-state index in [2.05, 4.69) is 18.8 Å². The quantitative estimate of drug-likeness (QED) is 0.785. The molecule has 2 rings (SSSR count). The Bertz CT molecular complexity index is 531. The van der Waals surface area contributed by atoms with Crippen molar-refractivity contribution in [2.45, 2.75) is 46.1 Å². The van der Waals surface area contributed by atoms with Crippen LogP contribution in [-0.4, -0.2) is 17.6 Å². The van der Waals surface area contributed by atoms with Crippen LogP contribution in [0.15, 0.2) is 17.1 Å². The first-order chi connectivity index (χ1) is 10.1. The molecule has 1 fully saturated rings. The summed E-state index contributed by atoms with van der Waals surface area (Å²) in [5.74, 6) is 0.730. The van der Waals surface area contributed by atoms with Crippen molar-refractivity contribution in [3.05, 3.63) is 28.2 Å². The standard InChI is InChI=1S/C16H23NO4/c1-11(2)6-7-20-15-9-17-13(8-14(15)18)10-21-16(19)12-4-3-5-12/h8-9,11-12H,3-7,10H2,1-2H3,(H,17,18). The van der Waals surface area contributed by atoms with Crippen LogP contribution >= 0.6 is 0 Å². The molecule has 1 aromatic heterocycles. The summed E-state index contributed by atoms with van der Waals surface area (Å²) in [6.45, 7) is 4.84. The number of carbonyl (C=O) groups is 1. The van der Waals surface area contributed by atoms with Crippen molar-refractivity contribution in [3.8, 4) is 5.75 Å². The molecule has 5 heteroatoms. The molecule has 0 bridgehead atoms. The van der Waals surface area contributed by atoms with E-state index in [4.69, 9.17) is 9.47 Å². The van der Waals surface area contributed by atoms with Gasteiger partial charge in [-0.1, -0.05) is 20.3 Å². The average Bonchev–Trinajstić information content (AvgIpc) is 2.36. The first-order valence-electron chi connectivity index (χ1n) is 7.57. The van der Waals surface area contributed by atoms with Crippen molar-refractivity contribution in [3.63, 3.8) is 0 Å². The van der Waals surface area contributed by atoms with Crippen LogP contribution in [0.25, 0.3) is 0 Å². The number of esters is 1. The number of pyridine rings is 1. The zero-order valence-corrected chi connectivity index (χ0v) is 12.7. The van der Waals surface area contributed by atoms with Gasteiger partial charge in [-0.2, -0.15) is 0 Å². The Labute approximate surface area is 124 Å². The first kappa shape index (κ1) is 15.6. The molecule has 1 aliphatic rings. The predicted molar refractivity (Wildman–Crippen MR) is 79.1 cm³/mol. The predicted octanol–water partition coefficient (Wildman–Crippen LogP) is 2.64. The SMILES string of the molecule is CC(C)CCOc1c[nH]c(COC(=O)C2CCC2)cc1=O. The maximum absolute atomic E-state index is 11.9. The van der Waals surface area contributed by atoms with Crippen LogP contribution in [0, 0.1) is 11.8 Å². The highest BCUT2D eigenvalue weighted by Gasteiger charge is 2.26. The Morgan fingerprint density at radius 1 is 1.43 bits per heavy atom. The van der Waals surface area contributed by atoms with Gasteiger partial charge in [0.05, 0.1) is 18.2 Å². The van der Waals surface area contributed by atoms with Crippen LogP contribution in [-0.2, 0) is 16.1 Å². The van der Waals surface area contributed by atoms with Crippen LogP contribution < -0.4 is 10.2 Å². The van der Waals surface area contributed by atoms with Crippen LogP contribution in [0.5, 0.6) is 5.75 Å². The minimum atomic E-state index is -0.188. The van der Waals surface area contributed by atoms with Crippen LogP contribution in [0.4, 0.5) is 0 Å². The number of hydrogen-bond donors (Lipinski definition) is 1. The smallest absolute Gasteiger partial charge is 0.309 e. The lowest BCUT2D eigenvalue weighted by Gasteiger charge is -2.22. The maximum atomic E-state index is 11.9. The summed E-state index contributed by atoms with van der Waals surface area (Å²) >= 11 is 0. The molecule has 0 aliphatic heterocycles. The number of ether oxygens (including phenoxy) is 2. The molecule has 0 unspecified atom stereocenters. The van der Waals surface area contributed by atoms with Crippen molar-refractivity contribution in [1.29, 1.82) is 0 Å². The summed E-state index contributed by atoms with van der Waals surface area (Å²) in [5, 5.41) is 0. The number of aromatic amines is 1. The summed E-state index contributed by atoms with van der Waals surface area (Å²) < 4.78 is 10.6. The van der Waals surface area contributed by atoms with Gasteiger partial charge in [0.15, 0.2) is 5.75 Å². The fraction of sp³-hybridized carbons (Fsp3) is 0.625. The van der Waals surface area contributed by atoms with E-state index in [1.54, 1.807) is 0 Å². The number of H-pyrrole nitrogens is 1. The molecule has 0 saturated heterocycles. The molecule has 0 spiro atoms. The second kappa shape index (κ2) is 7.29. The lowest BCUT2D eigenvalue weighted by atomic mass is 9.86. The molecular formula is C16H23NO4. The molecular weight excluding hydrogens is 270 g/mol. The molecule has 1 N–H and O–H groups in total. The topological polar surface area (TPSA) is 68.4 Å². The molecule has 1 heterocycles. The second-order valence-corrected chi connectivity index (χ2v) is 5.95. The number of nitrogens with one attached hydrogen (secondary N) is 1. The van der Waals surface area contributed by atoms with Crippen LogP contribution in [0.1, 0.15) is 45.2 Å². The van der Waals surface area contributed by atoms with E-state index in [-0.39, 0.29) is 23.9 Å². The number of rotatable bonds is 7. The Morgan fingerprint density at radius 3 is 2.76 bits per heavy atom. The van der Waals surface area contributed by atoms with Gasteiger partial charge in [0.1, 0.15) is 6.61 Å². The van der Waals surface area contributed by atoms with E-state index in [1.165, 1.54) is 12.3 Å². The van der Waals surface area contributed by atoms with Gasteiger partial charge in [0, 0.05) is 12.3 Å². The molecule has 0 aromatic carbocycles. The molecule has 5 nitrogen and oxygen atoms in total. The van der Waals surface area contributed by atoms with Gasteiger partial charge < -0.3 is 14.5 Å². The maximum Gasteiger partial charge on any atom is 0.309 e. The number of carbonyl (C=O) groups excluding carboxylic acids is 1. The molecule has 1 saturated carbocycles. The van der Waals surface area contributed by atoms with Crippen LogP contribution in [0.3, 0.4) is 0 Å². The molecule has 1 aromatic rings. The van der Waals surface area contributed by atoms with E-state index in [0.29, 0.717) is 24.0 Å². The Balaban J connectivity index is 1.83. The Hall–Kier alpha value is -1.78. The monoisotopic (exact) mass is 293 g/mol. The molecule has 1 aliphatic carbocycles. The summed E-state index contributed by atoms with van der Waals surface area (Å²) in [4.78, 5) is 26.4. The Kier molecular flexibility index (Phi) is 5.42. The highest BCUT2D eigenvalue weighted by atomic mass is 16.5. The van der Waals surface area contributed by atoms with Crippen molar-refractivity contribution in [2.24, 2.45) is 11.8 Å². The molecule has 0 amide bonds. The fourth-order valence-corrected chi connectivity index (χ4v) is 2.01. The lowest BCUT2D eigenvalue weighted by Crippen LogP contribution is -2.24. The van der Waals surface area contributed by atoms with Gasteiger partial charge in [0.2, 0.25) is 5.43 Å². The summed E-state index contributed by atoms with van der Waals surface area (Å²) in [6.07, 6.45) is 5.37. The normalized spacial score (nSPS) is 14.8. The highest BCUT2D eigenvalue weighted by molar-refractivity contribution is 5.73. The minimum absolute atomic E-state index is 0.0513. The van der Waals surface area contributed by atoms with Gasteiger partial charge in [-0.3, -0.25) is 9.59 Å². The van der Waals surface area contributed by atoms with Gasteiger partial charge in [0.25, 0.3) is 0 Å². The molecule has 0 atom stereocenters. The van der Waals surface area contributed by atoms with E-state index in [0.717, 1.165) is 25.7 Å². The molecule has 116 valence electrons. The van der Waals surface area contributed by atoms with Crippen molar-refractivity contribution in [1.82, 2.24) is 4.98 Å². The summed E-state index contributed by atoms with van der Waals surface area (Å²) in [7, 11) is 0. The summed E-state index contributed by atoms with van der Waals surface area (Å²) in [5.41, 5.74) is 0.399. The highest BCUT2D eigenvalue weighted by Crippen LogP contribution is 2.27. The van der Waals surface area contributed by atoms with Crippen molar-refractivity contribution < 1.29 is 14.3 Å². The zero-order chi connectivity index (χ0) is 15.2. The summed E-state index contributed by atoms with van der Waals surface area (Å²) in [6, 6.07) is 1.43. The minimum Gasteiger partial charge on any atom is -0.488 e. The molecule has 0 radical (unpaired) electrons. The zero-order valence-electron chi connectivity index (χ0n) is 12.7. The second-order valence-electron chi connectivity index (χ2n) is 5.95. The number of hydrogen-bond acceptors (Lipinski definition) is 4. The van der Waals surface area contributed by atoms with Crippen molar-refractivity contribution >= 4 is 5.97 Å². The van der Waals surface area contributed by atoms with E-state index < -0.39 is 0 Å². The van der Waals surface area contributed by atoms with E-state index >= 15 is 0 Å². The average molecular weight is 293 g/mol. The van der Waals surface area contributed by atoms with Gasteiger partial charge in [-0.15, -0.1) is 0 Å². The van der Waals surface area contributed by atoms with Crippen molar-refractivity contribution in [2.75, 3.05) is 6.61 Å². The third kappa shape index (κ3) is 4.62. The van der Waals surface area contributed by atoms with E-state index in [9.17, 15) is 9.59 Å². The fourth-order valence-electron chi connectivity index (χ4n) is 2.01. The van der Waals surface area contributed by atoms with Gasteiger partial charge in [-0.25, -0.2) is 0 Å². The largest absolute Gasteiger partial charge is 0.488 e. The van der Waals surface area contributed by atoms with Gasteiger partial charge >= 0.3 is 5.97 Å². The van der Waals surface area contributed by atoms with Gasteiger partial charge in [-0.05, 0) is 25.2 Å². The molecule has 21 heavy (non-hydrogen) atoms. The third-order valence-corrected chi connectivity index (χ3v) is 3.70. The first-order valence-corrected chi connectivity index (χ1v) is 7.57. The third-order valence-electron chi connectivity index (χ3n) is 3.70. The Morgan fingerprint density at radius 2 is 2.19 bits per heavy atom. The van der Waals surface area contributed by atoms with E-state index in [1.807, 2.05) is 0 Å².